The van der Waals surface area contributed by atoms with E-state index in [1.54, 1.807) is 12.1 Å². The molecule has 0 fully saturated rings. The van der Waals surface area contributed by atoms with Gasteiger partial charge in [0.1, 0.15) is 0 Å². The van der Waals surface area contributed by atoms with Crippen molar-refractivity contribution in [3.05, 3.63) is 71.3 Å². The minimum atomic E-state index is -0.609. The monoisotopic (exact) mass is 326 g/mol. The Balaban J connectivity index is 1.47. The molecule has 0 spiro atoms. The van der Waals surface area contributed by atoms with Crippen molar-refractivity contribution in [3.63, 3.8) is 0 Å². The average Bonchev–Trinajstić information content (AvgIpc) is 2.85. The lowest BCUT2D eigenvalue weighted by Crippen LogP contribution is -2.36. The first-order valence-corrected chi connectivity index (χ1v) is 7.22. The molecule has 3 rings (SSSR count). The average molecular weight is 326 g/mol. The first-order valence-electron chi connectivity index (χ1n) is 7.22. The van der Waals surface area contributed by atoms with Gasteiger partial charge in [-0.15, -0.1) is 5.06 Å². The van der Waals surface area contributed by atoms with Crippen LogP contribution in [0.2, 0.25) is 0 Å². The Labute approximate surface area is 137 Å². The minimum absolute atomic E-state index is 0.194. The van der Waals surface area contributed by atoms with E-state index in [0.29, 0.717) is 5.06 Å². The number of rotatable bonds is 6. The van der Waals surface area contributed by atoms with Gasteiger partial charge < -0.3 is 0 Å². The number of nitrogens with one attached hydrogen (secondary N) is 1. The Bertz CT molecular complexity index is 741. The second-order valence-electron chi connectivity index (χ2n) is 5.02. The molecule has 0 aliphatic carbocycles. The second kappa shape index (κ2) is 7.03. The van der Waals surface area contributed by atoms with Crippen LogP contribution in [-0.4, -0.2) is 29.4 Å². The molecule has 7 heteroatoms. The van der Waals surface area contributed by atoms with E-state index >= 15 is 0 Å². The highest BCUT2D eigenvalue weighted by Crippen LogP contribution is 2.22. The van der Waals surface area contributed by atoms with Gasteiger partial charge in [-0.2, -0.15) is 0 Å². The van der Waals surface area contributed by atoms with Gasteiger partial charge in [-0.1, -0.05) is 42.5 Å². The van der Waals surface area contributed by atoms with E-state index in [1.165, 1.54) is 12.1 Å². The lowest BCUT2D eigenvalue weighted by atomic mass is 10.1. The third kappa shape index (κ3) is 3.32. The third-order valence-corrected chi connectivity index (χ3v) is 3.35. The predicted molar refractivity (Wildman–Crippen MR) is 82.3 cm³/mol. The Morgan fingerprint density at radius 3 is 2.12 bits per heavy atom. The highest BCUT2D eigenvalue weighted by molar-refractivity contribution is 6.20. The number of benzene rings is 2. The van der Waals surface area contributed by atoms with E-state index < -0.39 is 24.3 Å². The van der Waals surface area contributed by atoms with Crippen molar-refractivity contribution >= 4 is 17.7 Å². The molecule has 0 aromatic heterocycles. The van der Waals surface area contributed by atoms with Gasteiger partial charge in [0.15, 0.2) is 6.61 Å². The number of amides is 3. The molecule has 2 aromatic carbocycles. The number of imide groups is 1. The van der Waals surface area contributed by atoms with E-state index in [1.807, 2.05) is 30.3 Å². The summed E-state index contributed by atoms with van der Waals surface area (Å²) in [5.74, 6) is -1.79. The Morgan fingerprint density at radius 1 is 0.917 bits per heavy atom. The number of fused-ring (bicyclic) bond motifs is 1. The molecule has 0 unspecified atom stereocenters. The van der Waals surface area contributed by atoms with Crippen LogP contribution in [0.15, 0.2) is 54.6 Å². The summed E-state index contributed by atoms with van der Waals surface area (Å²) in [6.45, 7) is -0.320. The van der Waals surface area contributed by atoms with Crippen LogP contribution in [-0.2, 0) is 21.1 Å². The van der Waals surface area contributed by atoms with Crippen molar-refractivity contribution in [1.82, 2.24) is 10.5 Å². The fraction of sp³-hybridized carbons (Fsp3) is 0.118. The number of carbonyl (C=O) groups is 3. The second-order valence-corrected chi connectivity index (χ2v) is 5.02. The van der Waals surface area contributed by atoms with E-state index in [0.717, 1.165) is 5.56 Å². The largest absolute Gasteiger partial charge is 0.285 e. The predicted octanol–water partition coefficient (Wildman–Crippen LogP) is 1.46. The summed E-state index contributed by atoms with van der Waals surface area (Å²) in [6, 6.07) is 15.6. The number of hydrogen-bond donors (Lipinski definition) is 1. The first-order chi connectivity index (χ1) is 11.7. The summed E-state index contributed by atoms with van der Waals surface area (Å²) in [7, 11) is 0. The minimum Gasteiger partial charge on any atom is -0.270 e. The molecule has 0 atom stereocenters. The number of hydroxylamine groups is 3. The maximum absolute atomic E-state index is 12.0. The van der Waals surface area contributed by atoms with Crippen LogP contribution in [0.5, 0.6) is 0 Å². The van der Waals surface area contributed by atoms with Crippen LogP contribution in [0.3, 0.4) is 0 Å². The summed E-state index contributed by atoms with van der Waals surface area (Å²) in [5.41, 5.74) is 3.59. The molecule has 122 valence electrons. The molecule has 3 amide bonds. The van der Waals surface area contributed by atoms with Crippen LogP contribution in [0, 0.1) is 0 Å². The molecule has 7 nitrogen and oxygen atoms in total. The zero-order valence-electron chi connectivity index (χ0n) is 12.6. The topological polar surface area (TPSA) is 84.9 Å². The summed E-state index contributed by atoms with van der Waals surface area (Å²) < 4.78 is 0. The van der Waals surface area contributed by atoms with Crippen molar-refractivity contribution in [3.8, 4) is 0 Å². The highest BCUT2D eigenvalue weighted by Gasteiger charge is 2.36. The lowest BCUT2D eigenvalue weighted by Gasteiger charge is -2.13. The Hall–Kier alpha value is -3.03. The summed E-state index contributed by atoms with van der Waals surface area (Å²) >= 11 is 0. The first kappa shape index (κ1) is 15.9. The molecule has 1 aliphatic heterocycles. The zero-order chi connectivity index (χ0) is 16.9. The maximum Gasteiger partial charge on any atom is 0.285 e. The third-order valence-electron chi connectivity index (χ3n) is 3.35. The lowest BCUT2D eigenvalue weighted by molar-refractivity contribution is -0.151. The van der Waals surface area contributed by atoms with Crippen LogP contribution in [0.1, 0.15) is 26.3 Å². The zero-order valence-corrected chi connectivity index (χ0v) is 12.6. The standard InChI is InChI=1S/C17H14N2O5/c20-15(18-23-10-12-6-2-1-3-7-12)11-24-19-16(21)13-8-4-5-9-14(13)17(19)22/h1-9H,10-11H2,(H,18,20). The Morgan fingerprint density at radius 2 is 1.50 bits per heavy atom. The highest BCUT2D eigenvalue weighted by atomic mass is 16.7. The van der Waals surface area contributed by atoms with Gasteiger partial charge in [-0.25, -0.2) is 5.48 Å². The van der Waals surface area contributed by atoms with E-state index in [2.05, 4.69) is 5.48 Å². The molecular weight excluding hydrogens is 312 g/mol. The van der Waals surface area contributed by atoms with Gasteiger partial charge in [0, 0.05) is 0 Å². The van der Waals surface area contributed by atoms with Crippen molar-refractivity contribution in [2.24, 2.45) is 0 Å². The number of hydrogen-bond acceptors (Lipinski definition) is 5. The Kier molecular flexibility index (Phi) is 4.64. The van der Waals surface area contributed by atoms with Crippen LogP contribution in [0.25, 0.3) is 0 Å². The van der Waals surface area contributed by atoms with Gasteiger partial charge in [-0.3, -0.25) is 24.1 Å². The van der Waals surface area contributed by atoms with E-state index in [-0.39, 0.29) is 17.7 Å². The quantitative estimate of drug-likeness (QED) is 0.642. The number of carbonyl (C=O) groups excluding carboxylic acids is 3. The van der Waals surface area contributed by atoms with Gasteiger partial charge in [0.05, 0.1) is 17.7 Å². The van der Waals surface area contributed by atoms with E-state index in [4.69, 9.17) is 9.68 Å². The summed E-state index contributed by atoms with van der Waals surface area (Å²) in [4.78, 5) is 45.8. The van der Waals surface area contributed by atoms with E-state index in [9.17, 15) is 14.4 Å². The van der Waals surface area contributed by atoms with Crippen LogP contribution in [0.4, 0.5) is 0 Å². The van der Waals surface area contributed by atoms with Crippen molar-refractivity contribution in [2.45, 2.75) is 6.61 Å². The fourth-order valence-corrected chi connectivity index (χ4v) is 2.21. The SMILES string of the molecule is O=C(CON1C(=O)c2ccccc2C1=O)NOCc1ccccc1. The fourth-order valence-electron chi connectivity index (χ4n) is 2.21. The molecule has 0 bridgehead atoms. The summed E-state index contributed by atoms with van der Waals surface area (Å²) in [5, 5.41) is 0.585. The van der Waals surface area contributed by atoms with Gasteiger partial charge in [0.25, 0.3) is 17.7 Å². The molecule has 0 saturated heterocycles. The molecule has 24 heavy (non-hydrogen) atoms. The van der Waals surface area contributed by atoms with Crippen molar-refractivity contribution < 1.29 is 24.1 Å². The van der Waals surface area contributed by atoms with Gasteiger partial charge in [-0.05, 0) is 17.7 Å². The maximum atomic E-state index is 12.0. The molecule has 1 heterocycles. The van der Waals surface area contributed by atoms with Gasteiger partial charge >= 0.3 is 0 Å². The van der Waals surface area contributed by atoms with Crippen LogP contribution < -0.4 is 5.48 Å². The van der Waals surface area contributed by atoms with Gasteiger partial charge in [0.2, 0.25) is 0 Å². The molecule has 1 aliphatic rings. The molecule has 1 N–H and O–H groups in total. The smallest absolute Gasteiger partial charge is 0.270 e. The molecular formula is C17H14N2O5. The number of nitrogens with zero attached hydrogens (tertiary/aromatic N) is 1. The molecule has 2 aromatic rings. The van der Waals surface area contributed by atoms with Crippen molar-refractivity contribution in [1.29, 1.82) is 0 Å². The van der Waals surface area contributed by atoms with Crippen LogP contribution >= 0.6 is 0 Å². The molecule has 0 saturated carbocycles. The molecule has 0 radical (unpaired) electrons. The normalized spacial score (nSPS) is 13.1. The van der Waals surface area contributed by atoms with Crippen molar-refractivity contribution in [2.75, 3.05) is 6.61 Å². The summed E-state index contributed by atoms with van der Waals surface area (Å²) in [6.07, 6.45) is 0.